The molecule has 0 heterocycles. The van der Waals surface area contributed by atoms with Gasteiger partial charge in [0.15, 0.2) is 11.6 Å². The Bertz CT molecular complexity index is 264. The molecule has 0 aromatic rings. The first-order valence-electron chi connectivity index (χ1n) is 3.47. The third kappa shape index (κ3) is 2.01. The Balaban J connectivity index is 2.67. The quantitative estimate of drug-likeness (QED) is 0.591. The monoisotopic (exact) mass is 145 g/mol. The van der Waals surface area contributed by atoms with Crippen molar-refractivity contribution >= 4 is 0 Å². The average molecular weight is 145 g/mol. The molecule has 1 aliphatic rings. The van der Waals surface area contributed by atoms with Crippen molar-refractivity contribution in [1.82, 2.24) is 0 Å². The van der Waals surface area contributed by atoms with Crippen LogP contribution in [0.25, 0.3) is 0 Å². The van der Waals surface area contributed by atoms with Gasteiger partial charge in [-0.2, -0.15) is 5.26 Å². The summed E-state index contributed by atoms with van der Waals surface area (Å²) in [7, 11) is 0. The molecule has 2 nitrogen and oxygen atoms in total. The van der Waals surface area contributed by atoms with Crippen molar-refractivity contribution in [3.8, 4) is 6.07 Å². The van der Waals surface area contributed by atoms with Crippen LogP contribution in [-0.2, 0) is 0 Å². The predicted molar refractivity (Wildman–Crippen MR) is 43.3 cm³/mol. The lowest BCUT2D eigenvalue weighted by atomic mass is 10.1. The van der Waals surface area contributed by atoms with Crippen molar-refractivity contribution < 1.29 is 0 Å². The van der Waals surface area contributed by atoms with Gasteiger partial charge >= 0.3 is 0 Å². The van der Waals surface area contributed by atoms with Crippen molar-refractivity contribution in [2.45, 2.75) is 6.42 Å². The van der Waals surface area contributed by atoms with E-state index in [-0.39, 0.29) is 0 Å². The fourth-order valence-electron chi connectivity index (χ4n) is 0.838. The van der Waals surface area contributed by atoms with Crippen LogP contribution < -0.4 is 5.73 Å². The summed E-state index contributed by atoms with van der Waals surface area (Å²) in [6, 6.07) is 2.03. The van der Waals surface area contributed by atoms with Gasteiger partial charge in [-0.25, -0.2) is 0 Å². The topological polar surface area (TPSA) is 49.8 Å². The molecule has 0 bridgehead atoms. The number of hydrogen-bond donors (Lipinski definition) is 1. The molecule has 0 saturated heterocycles. The van der Waals surface area contributed by atoms with Crippen LogP contribution in [0.2, 0.25) is 0 Å². The highest BCUT2D eigenvalue weighted by atomic mass is 14.5. The Labute approximate surface area is 66.3 Å². The van der Waals surface area contributed by atoms with Crippen molar-refractivity contribution in [2.75, 3.05) is 6.54 Å². The molecule has 0 fully saturated rings. The third-order valence-corrected chi connectivity index (χ3v) is 1.42. The molecule has 11 heavy (non-hydrogen) atoms. The maximum Gasteiger partial charge on any atom is 0.169 e. The van der Waals surface area contributed by atoms with Gasteiger partial charge < -0.3 is 5.73 Å². The molecule has 0 amide bonds. The molecular weight excluding hydrogens is 136 g/mol. The minimum absolute atomic E-state index is 0.627. The molecule has 0 saturated carbocycles. The normalized spacial score (nSPS) is 14.5. The van der Waals surface area contributed by atoms with E-state index in [1.165, 1.54) is 0 Å². The first-order valence-corrected chi connectivity index (χ1v) is 3.47. The van der Waals surface area contributed by atoms with Crippen molar-refractivity contribution in [2.24, 2.45) is 5.73 Å². The highest BCUT2D eigenvalue weighted by Crippen LogP contribution is 2.10. The number of nitrogens with two attached hydrogens (primary N) is 1. The number of rotatable bonds is 2. The molecule has 0 radical (unpaired) electrons. The zero-order chi connectivity index (χ0) is 8.10. The van der Waals surface area contributed by atoms with E-state index in [4.69, 9.17) is 11.0 Å². The van der Waals surface area contributed by atoms with Crippen LogP contribution in [0.3, 0.4) is 0 Å². The molecule has 54 valence electrons. The predicted octanol–water partition coefficient (Wildman–Crippen LogP) is 1.08. The van der Waals surface area contributed by atoms with E-state index < -0.39 is 0 Å². The molecule has 1 rings (SSSR count). The van der Waals surface area contributed by atoms with Crippen molar-refractivity contribution in [3.63, 3.8) is 0 Å². The Hall–Kier alpha value is -1.42. The van der Waals surface area contributed by atoms with Crippen LogP contribution in [0, 0.1) is 17.4 Å². The molecule has 0 aromatic heterocycles. The molecule has 0 aromatic carbocycles. The number of hydrogen-bond acceptors (Lipinski definition) is 2. The SMILES string of the molecule is N#CC1=C[C+]=C(CCN)C=C1. The van der Waals surface area contributed by atoms with Gasteiger partial charge in [-0.05, 0) is 6.54 Å². The number of nitriles is 1. The van der Waals surface area contributed by atoms with Crippen molar-refractivity contribution in [1.29, 1.82) is 5.26 Å². The van der Waals surface area contributed by atoms with Gasteiger partial charge in [-0.1, -0.05) is 0 Å². The van der Waals surface area contributed by atoms with Crippen molar-refractivity contribution in [3.05, 3.63) is 35.5 Å². The van der Waals surface area contributed by atoms with E-state index in [9.17, 15) is 0 Å². The lowest BCUT2D eigenvalue weighted by Crippen LogP contribution is -1.99. The third-order valence-electron chi connectivity index (χ3n) is 1.42. The zero-order valence-corrected chi connectivity index (χ0v) is 6.17. The maximum atomic E-state index is 8.46. The summed E-state index contributed by atoms with van der Waals surface area (Å²) in [4.78, 5) is 0. The smallest absolute Gasteiger partial charge is 0.169 e. The Morgan fingerprint density at radius 3 is 2.82 bits per heavy atom. The van der Waals surface area contributed by atoms with Gasteiger partial charge in [0.2, 0.25) is 0 Å². The van der Waals surface area contributed by atoms with Gasteiger partial charge in [0.05, 0.1) is 12.2 Å². The van der Waals surface area contributed by atoms with E-state index in [0.717, 1.165) is 12.0 Å². The van der Waals surface area contributed by atoms with Crippen LogP contribution in [0.5, 0.6) is 0 Å². The second-order valence-corrected chi connectivity index (χ2v) is 2.25. The van der Waals surface area contributed by atoms with Gasteiger partial charge in [0.1, 0.15) is 11.6 Å². The minimum Gasteiger partial charge on any atom is -0.330 e. The molecule has 0 spiro atoms. The van der Waals surface area contributed by atoms with Crippen LogP contribution >= 0.6 is 0 Å². The highest BCUT2D eigenvalue weighted by molar-refractivity contribution is 5.42. The van der Waals surface area contributed by atoms with Crippen LogP contribution in [0.4, 0.5) is 0 Å². The first-order chi connectivity index (χ1) is 5.36. The van der Waals surface area contributed by atoms with Gasteiger partial charge in [0.25, 0.3) is 0 Å². The Kier molecular flexibility index (Phi) is 2.57. The summed E-state index contributed by atoms with van der Waals surface area (Å²) in [5, 5.41) is 8.46. The maximum absolute atomic E-state index is 8.46. The van der Waals surface area contributed by atoms with Crippen LogP contribution in [-0.4, -0.2) is 6.54 Å². The summed E-state index contributed by atoms with van der Waals surface area (Å²) in [6.45, 7) is 0.627. The Morgan fingerprint density at radius 2 is 2.36 bits per heavy atom. The second-order valence-electron chi connectivity index (χ2n) is 2.25. The van der Waals surface area contributed by atoms with Gasteiger partial charge in [0, 0.05) is 12.5 Å². The summed E-state index contributed by atoms with van der Waals surface area (Å²) < 4.78 is 0. The van der Waals surface area contributed by atoms with Gasteiger partial charge in [-0.15, -0.1) is 0 Å². The van der Waals surface area contributed by atoms with Crippen LogP contribution in [0.15, 0.2) is 29.4 Å². The summed E-state index contributed by atoms with van der Waals surface area (Å²) >= 11 is 0. The Morgan fingerprint density at radius 1 is 1.55 bits per heavy atom. The van der Waals surface area contributed by atoms with E-state index in [2.05, 4.69) is 6.08 Å². The lowest BCUT2D eigenvalue weighted by molar-refractivity contribution is 0.968. The van der Waals surface area contributed by atoms with Gasteiger partial charge in [-0.3, -0.25) is 0 Å². The van der Waals surface area contributed by atoms with E-state index in [1.807, 2.05) is 12.1 Å². The minimum atomic E-state index is 0.627. The standard InChI is InChI=1S/C9H9N2/c10-6-5-8-1-3-9(7-11)4-2-8/h1,3-4H,5-6,10H2/q+1. The zero-order valence-electron chi connectivity index (χ0n) is 6.17. The lowest BCUT2D eigenvalue weighted by Gasteiger charge is -1.91. The second kappa shape index (κ2) is 3.68. The number of nitrogens with zero attached hydrogens (tertiary/aromatic N) is 1. The van der Waals surface area contributed by atoms with Crippen LogP contribution in [0.1, 0.15) is 6.42 Å². The molecule has 0 atom stereocenters. The van der Waals surface area contributed by atoms with E-state index in [0.29, 0.717) is 12.1 Å². The largest absolute Gasteiger partial charge is 0.330 e. The molecule has 0 aliphatic heterocycles. The molecule has 1 aliphatic carbocycles. The summed E-state index contributed by atoms with van der Waals surface area (Å²) in [5.41, 5.74) is 7.05. The molecule has 2 heteroatoms. The van der Waals surface area contributed by atoms with E-state index >= 15 is 0 Å². The van der Waals surface area contributed by atoms with E-state index in [1.54, 1.807) is 12.2 Å². The highest BCUT2D eigenvalue weighted by Gasteiger charge is 2.07. The summed E-state index contributed by atoms with van der Waals surface area (Å²) in [6.07, 6.45) is 9.16. The molecular formula is C9H9N2+. The summed E-state index contributed by atoms with van der Waals surface area (Å²) in [5.74, 6) is 0. The fraction of sp³-hybridized carbons (Fsp3) is 0.222. The molecule has 2 N–H and O–H groups in total. The fourth-order valence-corrected chi connectivity index (χ4v) is 0.838. The molecule has 0 unspecified atom stereocenters. The number of allylic oxidation sites excluding steroid dienone is 5. The average Bonchev–Trinajstić information content (AvgIpc) is 2.07. The first kappa shape index (κ1) is 7.68.